The third-order valence-electron chi connectivity index (χ3n) is 6.50. The molecule has 3 aromatic rings. The number of carbonyl (C=O) groups excluding carboxylic acids is 1. The Kier molecular flexibility index (Phi) is 5.70. The first-order valence-electron chi connectivity index (χ1n) is 11.4. The number of ether oxygens (including phenoxy) is 1. The standard InChI is InChI=1S/C26H30N4O2/c1-18-9-11-29(12-10-18)15-20-4-6-22(7-5-20)28-25(31)16-30-26-21(14-27-30)17-32-24-8-3-19(2)13-23(24)26/h3-8,13-14,18H,9-12,15-17H2,1-2H3,(H,28,31). The largest absolute Gasteiger partial charge is 0.488 e. The van der Waals surface area contributed by atoms with E-state index in [0.717, 1.165) is 46.3 Å². The fourth-order valence-corrected chi connectivity index (χ4v) is 4.58. The van der Waals surface area contributed by atoms with Crippen molar-refractivity contribution in [2.75, 3.05) is 18.4 Å². The third-order valence-corrected chi connectivity index (χ3v) is 6.50. The van der Waals surface area contributed by atoms with Gasteiger partial charge in [-0.15, -0.1) is 0 Å². The van der Waals surface area contributed by atoms with Gasteiger partial charge in [-0.2, -0.15) is 5.10 Å². The number of aryl methyl sites for hydroxylation is 1. The van der Waals surface area contributed by atoms with E-state index in [1.807, 2.05) is 24.3 Å². The molecular formula is C26H30N4O2. The molecule has 0 bridgehead atoms. The molecular weight excluding hydrogens is 400 g/mol. The van der Waals surface area contributed by atoms with Crippen molar-refractivity contribution < 1.29 is 9.53 Å². The molecule has 6 nitrogen and oxygen atoms in total. The van der Waals surface area contributed by atoms with Gasteiger partial charge in [0, 0.05) is 23.4 Å². The summed E-state index contributed by atoms with van der Waals surface area (Å²) in [5.74, 6) is 1.59. The van der Waals surface area contributed by atoms with E-state index >= 15 is 0 Å². The van der Waals surface area contributed by atoms with Crippen LogP contribution in [0, 0.1) is 12.8 Å². The number of piperidine rings is 1. The summed E-state index contributed by atoms with van der Waals surface area (Å²) in [4.78, 5) is 15.3. The first kappa shape index (κ1) is 20.8. The van der Waals surface area contributed by atoms with E-state index in [1.165, 1.54) is 31.5 Å². The summed E-state index contributed by atoms with van der Waals surface area (Å²) >= 11 is 0. The van der Waals surface area contributed by atoms with Crippen LogP contribution in [0.3, 0.4) is 0 Å². The van der Waals surface area contributed by atoms with E-state index in [4.69, 9.17) is 4.74 Å². The number of hydrogen-bond donors (Lipinski definition) is 1. The molecule has 2 aromatic carbocycles. The fraction of sp³-hybridized carbons (Fsp3) is 0.385. The van der Waals surface area contributed by atoms with Crippen molar-refractivity contribution in [3.05, 3.63) is 65.4 Å². The second kappa shape index (κ2) is 8.79. The van der Waals surface area contributed by atoms with Crippen LogP contribution >= 0.6 is 0 Å². The van der Waals surface area contributed by atoms with E-state index < -0.39 is 0 Å². The second-order valence-corrected chi connectivity index (χ2v) is 9.17. The van der Waals surface area contributed by atoms with Gasteiger partial charge < -0.3 is 10.1 Å². The molecule has 0 spiro atoms. The van der Waals surface area contributed by atoms with Crippen LogP contribution in [0.5, 0.6) is 5.75 Å². The van der Waals surface area contributed by atoms with Crippen molar-refractivity contribution in [2.24, 2.45) is 5.92 Å². The number of nitrogens with one attached hydrogen (secondary N) is 1. The van der Waals surface area contributed by atoms with Crippen LogP contribution in [0.4, 0.5) is 5.69 Å². The minimum absolute atomic E-state index is 0.0886. The second-order valence-electron chi connectivity index (χ2n) is 9.17. The number of likely N-dealkylation sites (tertiary alicyclic amines) is 1. The van der Waals surface area contributed by atoms with Crippen molar-refractivity contribution in [2.45, 2.75) is 46.4 Å². The molecule has 1 aromatic heterocycles. The normalized spacial score (nSPS) is 16.2. The van der Waals surface area contributed by atoms with Crippen LogP contribution in [0.25, 0.3) is 11.3 Å². The Hall–Kier alpha value is -3.12. The Balaban J connectivity index is 1.23. The lowest BCUT2D eigenvalue weighted by Gasteiger charge is -2.30. The maximum absolute atomic E-state index is 12.8. The third kappa shape index (κ3) is 4.41. The molecule has 0 saturated carbocycles. The quantitative estimate of drug-likeness (QED) is 0.642. The van der Waals surface area contributed by atoms with Gasteiger partial charge in [-0.1, -0.05) is 30.7 Å². The zero-order valence-electron chi connectivity index (χ0n) is 18.8. The first-order chi connectivity index (χ1) is 15.5. The topological polar surface area (TPSA) is 59.4 Å². The minimum atomic E-state index is -0.0886. The lowest BCUT2D eigenvalue weighted by Crippen LogP contribution is -2.32. The van der Waals surface area contributed by atoms with Crippen molar-refractivity contribution in [1.29, 1.82) is 0 Å². The number of anilines is 1. The van der Waals surface area contributed by atoms with Crippen LogP contribution in [0.2, 0.25) is 0 Å². The van der Waals surface area contributed by atoms with Crippen LogP contribution < -0.4 is 10.1 Å². The Morgan fingerprint density at radius 3 is 2.72 bits per heavy atom. The Bertz CT molecular complexity index is 1110. The Labute approximate surface area is 189 Å². The van der Waals surface area contributed by atoms with Crippen molar-refractivity contribution in [3.63, 3.8) is 0 Å². The van der Waals surface area contributed by atoms with E-state index in [9.17, 15) is 4.79 Å². The maximum atomic E-state index is 12.8. The maximum Gasteiger partial charge on any atom is 0.246 e. The van der Waals surface area contributed by atoms with Crippen molar-refractivity contribution in [1.82, 2.24) is 14.7 Å². The smallest absolute Gasteiger partial charge is 0.246 e. The highest BCUT2D eigenvalue weighted by atomic mass is 16.5. The molecule has 0 aliphatic carbocycles. The number of nitrogens with zero attached hydrogens (tertiary/aromatic N) is 3. The average Bonchev–Trinajstić information content (AvgIpc) is 3.20. The van der Waals surface area contributed by atoms with Crippen LogP contribution in [0.15, 0.2) is 48.7 Å². The molecule has 166 valence electrons. The highest BCUT2D eigenvalue weighted by Crippen LogP contribution is 2.37. The zero-order chi connectivity index (χ0) is 22.1. The van der Waals surface area contributed by atoms with Gasteiger partial charge in [0.2, 0.25) is 5.91 Å². The van der Waals surface area contributed by atoms with Crippen molar-refractivity contribution in [3.8, 4) is 17.0 Å². The summed E-state index contributed by atoms with van der Waals surface area (Å²) in [6.45, 7) is 8.34. The van der Waals surface area contributed by atoms with Gasteiger partial charge in [-0.05, 0) is 68.6 Å². The SMILES string of the molecule is Cc1ccc2c(c1)-c1c(cnn1CC(=O)Nc1ccc(CN3CCC(C)CC3)cc1)CO2. The van der Waals surface area contributed by atoms with Gasteiger partial charge in [-0.25, -0.2) is 0 Å². The fourth-order valence-electron chi connectivity index (χ4n) is 4.58. The molecule has 1 saturated heterocycles. The lowest BCUT2D eigenvalue weighted by molar-refractivity contribution is -0.116. The predicted octanol–water partition coefficient (Wildman–Crippen LogP) is 4.62. The summed E-state index contributed by atoms with van der Waals surface area (Å²) in [6, 6.07) is 14.3. The molecule has 5 rings (SSSR count). The highest BCUT2D eigenvalue weighted by Gasteiger charge is 2.23. The Morgan fingerprint density at radius 2 is 1.94 bits per heavy atom. The summed E-state index contributed by atoms with van der Waals surface area (Å²) in [6.07, 6.45) is 4.35. The van der Waals surface area contributed by atoms with Gasteiger partial charge in [-0.3, -0.25) is 14.4 Å². The number of carbonyl (C=O) groups is 1. The van der Waals surface area contributed by atoms with E-state index in [2.05, 4.69) is 47.4 Å². The van der Waals surface area contributed by atoms with Crippen LogP contribution in [-0.2, 0) is 24.5 Å². The van der Waals surface area contributed by atoms with Crippen LogP contribution in [-0.4, -0.2) is 33.7 Å². The van der Waals surface area contributed by atoms with Gasteiger partial charge in [0.05, 0.1) is 11.9 Å². The van der Waals surface area contributed by atoms with Gasteiger partial charge >= 0.3 is 0 Å². The van der Waals surface area contributed by atoms with Crippen molar-refractivity contribution >= 4 is 11.6 Å². The zero-order valence-corrected chi connectivity index (χ0v) is 18.8. The average molecular weight is 431 g/mol. The molecule has 0 unspecified atom stereocenters. The molecule has 6 heteroatoms. The molecule has 0 radical (unpaired) electrons. The molecule has 2 aliphatic rings. The van der Waals surface area contributed by atoms with Crippen LogP contribution in [0.1, 0.15) is 36.5 Å². The number of fused-ring (bicyclic) bond motifs is 3. The predicted molar refractivity (Wildman–Crippen MR) is 125 cm³/mol. The first-order valence-corrected chi connectivity index (χ1v) is 11.4. The number of rotatable bonds is 5. The van der Waals surface area contributed by atoms with Gasteiger partial charge in [0.25, 0.3) is 0 Å². The number of amides is 1. The molecule has 3 heterocycles. The molecule has 32 heavy (non-hydrogen) atoms. The molecule has 2 aliphatic heterocycles. The highest BCUT2D eigenvalue weighted by molar-refractivity contribution is 5.91. The van der Waals surface area contributed by atoms with E-state index in [-0.39, 0.29) is 12.5 Å². The number of benzene rings is 2. The lowest BCUT2D eigenvalue weighted by atomic mass is 9.99. The molecule has 1 fully saturated rings. The number of aromatic nitrogens is 2. The monoisotopic (exact) mass is 430 g/mol. The Morgan fingerprint density at radius 1 is 1.16 bits per heavy atom. The van der Waals surface area contributed by atoms with Gasteiger partial charge in [0.1, 0.15) is 18.9 Å². The van der Waals surface area contributed by atoms with Gasteiger partial charge in [0.15, 0.2) is 0 Å². The van der Waals surface area contributed by atoms with E-state index in [0.29, 0.717) is 6.61 Å². The molecule has 1 amide bonds. The molecule has 0 atom stereocenters. The summed E-state index contributed by atoms with van der Waals surface area (Å²) < 4.78 is 7.61. The summed E-state index contributed by atoms with van der Waals surface area (Å²) in [5.41, 5.74) is 6.21. The minimum Gasteiger partial charge on any atom is -0.488 e. The molecule has 1 N–H and O–H groups in total. The summed E-state index contributed by atoms with van der Waals surface area (Å²) in [5, 5.41) is 7.48. The number of hydrogen-bond acceptors (Lipinski definition) is 4. The van der Waals surface area contributed by atoms with E-state index in [1.54, 1.807) is 10.9 Å². The summed E-state index contributed by atoms with van der Waals surface area (Å²) in [7, 11) is 0.